The van der Waals surface area contributed by atoms with Crippen LogP contribution in [0, 0.1) is 17.0 Å². The summed E-state index contributed by atoms with van der Waals surface area (Å²) in [6, 6.07) is 13.2. The maximum absolute atomic E-state index is 12.1. The quantitative estimate of drug-likeness (QED) is 0.286. The third-order valence-electron chi connectivity index (χ3n) is 3.40. The number of aryl methyl sites for hydroxylation is 1. The molecule has 0 N–H and O–H groups in total. The van der Waals surface area contributed by atoms with Gasteiger partial charge < -0.3 is 4.42 Å². The van der Waals surface area contributed by atoms with Gasteiger partial charge in [0.1, 0.15) is 0 Å². The average molecular weight is 355 g/mol. The van der Waals surface area contributed by atoms with Crippen molar-refractivity contribution in [1.29, 1.82) is 0 Å². The average Bonchev–Trinajstić information content (AvgIpc) is 3.09. The number of non-ortho nitro benzene ring substituents is 1. The second-order valence-corrected chi connectivity index (χ2v) is 6.19. The Morgan fingerprint density at radius 2 is 1.96 bits per heavy atom. The minimum Gasteiger partial charge on any atom is -0.411 e. The molecular formula is C17H13N3O4S. The highest BCUT2D eigenvalue weighted by atomic mass is 32.2. The second-order valence-electron chi connectivity index (χ2n) is 5.26. The second kappa shape index (κ2) is 7.27. The highest BCUT2D eigenvalue weighted by molar-refractivity contribution is 7.99. The zero-order valence-corrected chi connectivity index (χ0v) is 14.0. The number of carbonyl (C=O) groups is 1. The number of hydrogen-bond donors (Lipinski definition) is 0. The fraction of sp³-hybridized carbons (Fsp3) is 0.118. The van der Waals surface area contributed by atoms with Gasteiger partial charge in [-0.2, -0.15) is 0 Å². The third kappa shape index (κ3) is 4.10. The van der Waals surface area contributed by atoms with Crippen molar-refractivity contribution in [3.63, 3.8) is 0 Å². The molecule has 0 atom stereocenters. The Bertz CT molecular complexity index is 922. The number of carbonyl (C=O) groups excluding carboxylic acids is 1. The predicted molar refractivity (Wildman–Crippen MR) is 92.6 cm³/mol. The molecule has 0 aliphatic heterocycles. The Labute approximate surface area is 147 Å². The molecule has 0 aliphatic carbocycles. The number of rotatable bonds is 6. The van der Waals surface area contributed by atoms with Gasteiger partial charge in [0.05, 0.1) is 10.7 Å². The van der Waals surface area contributed by atoms with Crippen LogP contribution in [0.4, 0.5) is 5.69 Å². The maximum atomic E-state index is 12.1. The van der Waals surface area contributed by atoms with E-state index >= 15 is 0 Å². The smallest absolute Gasteiger partial charge is 0.277 e. The number of aromatic nitrogens is 2. The van der Waals surface area contributed by atoms with Crippen LogP contribution in [0.3, 0.4) is 0 Å². The molecule has 1 aromatic heterocycles. The number of nitro groups is 1. The predicted octanol–water partition coefficient (Wildman–Crippen LogP) is 3.93. The van der Waals surface area contributed by atoms with Crippen LogP contribution in [0.15, 0.2) is 58.2 Å². The van der Waals surface area contributed by atoms with E-state index < -0.39 is 4.92 Å². The van der Waals surface area contributed by atoms with Crippen LogP contribution in [-0.4, -0.2) is 26.7 Å². The molecule has 1 heterocycles. The van der Waals surface area contributed by atoms with E-state index in [1.807, 2.05) is 31.2 Å². The number of ketones is 1. The Kier molecular flexibility index (Phi) is 4.90. The van der Waals surface area contributed by atoms with Gasteiger partial charge in [-0.3, -0.25) is 14.9 Å². The molecule has 0 radical (unpaired) electrons. The zero-order chi connectivity index (χ0) is 17.8. The molecule has 0 saturated heterocycles. The molecule has 0 unspecified atom stereocenters. The fourth-order valence-corrected chi connectivity index (χ4v) is 2.80. The first-order chi connectivity index (χ1) is 12.0. The summed E-state index contributed by atoms with van der Waals surface area (Å²) in [7, 11) is 0. The Morgan fingerprint density at radius 1 is 1.20 bits per heavy atom. The van der Waals surface area contributed by atoms with Crippen LogP contribution < -0.4 is 0 Å². The number of nitrogens with zero attached hydrogens (tertiary/aromatic N) is 3. The van der Waals surface area contributed by atoms with Crippen molar-refractivity contribution in [2.24, 2.45) is 0 Å². The Balaban J connectivity index is 1.64. The summed E-state index contributed by atoms with van der Waals surface area (Å²) >= 11 is 1.13. The van der Waals surface area contributed by atoms with Crippen molar-refractivity contribution in [3.8, 4) is 11.5 Å². The van der Waals surface area contributed by atoms with Crippen LogP contribution in [0.2, 0.25) is 0 Å². The van der Waals surface area contributed by atoms with Crippen LogP contribution in [0.25, 0.3) is 11.5 Å². The van der Waals surface area contributed by atoms with Crippen molar-refractivity contribution < 1.29 is 14.1 Å². The molecule has 25 heavy (non-hydrogen) atoms. The van der Waals surface area contributed by atoms with E-state index in [1.54, 1.807) is 0 Å². The molecule has 0 aliphatic rings. The molecule has 0 fully saturated rings. The molecule has 3 aromatic rings. The third-order valence-corrected chi connectivity index (χ3v) is 4.22. The van der Waals surface area contributed by atoms with E-state index in [0.717, 1.165) is 22.9 Å². The van der Waals surface area contributed by atoms with Crippen molar-refractivity contribution >= 4 is 23.2 Å². The van der Waals surface area contributed by atoms with Crippen molar-refractivity contribution in [2.75, 3.05) is 5.75 Å². The van der Waals surface area contributed by atoms with Crippen molar-refractivity contribution in [1.82, 2.24) is 10.2 Å². The lowest BCUT2D eigenvalue weighted by Crippen LogP contribution is -2.02. The Hall–Kier alpha value is -3.00. The summed E-state index contributed by atoms with van der Waals surface area (Å²) in [5.41, 5.74) is 2.25. The van der Waals surface area contributed by atoms with E-state index in [4.69, 9.17) is 4.42 Å². The number of Topliss-reactive ketones (excluding diaryl/α,β-unsaturated/α-hetero) is 1. The van der Waals surface area contributed by atoms with E-state index in [2.05, 4.69) is 10.2 Å². The number of hydrogen-bond acceptors (Lipinski definition) is 7. The first-order valence-electron chi connectivity index (χ1n) is 7.34. The lowest BCUT2D eigenvalue weighted by Gasteiger charge is -1.99. The van der Waals surface area contributed by atoms with Crippen molar-refractivity contribution in [2.45, 2.75) is 12.1 Å². The van der Waals surface area contributed by atoms with Crippen LogP contribution >= 0.6 is 11.8 Å². The first-order valence-corrected chi connectivity index (χ1v) is 8.32. The topological polar surface area (TPSA) is 99.1 Å². The lowest BCUT2D eigenvalue weighted by molar-refractivity contribution is -0.384. The molecular weight excluding hydrogens is 342 g/mol. The molecule has 0 spiro atoms. The molecule has 126 valence electrons. The first kappa shape index (κ1) is 16.8. The van der Waals surface area contributed by atoms with Gasteiger partial charge in [0.15, 0.2) is 5.78 Å². The van der Waals surface area contributed by atoms with Gasteiger partial charge in [-0.15, -0.1) is 10.2 Å². The molecule has 8 heteroatoms. The number of benzene rings is 2. The summed E-state index contributed by atoms with van der Waals surface area (Å²) in [5.74, 6) is 0.331. The van der Waals surface area contributed by atoms with E-state index in [1.165, 1.54) is 24.3 Å². The monoisotopic (exact) mass is 355 g/mol. The summed E-state index contributed by atoms with van der Waals surface area (Å²) in [6.45, 7) is 1.97. The lowest BCUT2D eigenvalue weighted by atomic mass is 10.1. The molecule has 7 nitrogen and oxygen atoms in total. The largest absolute Gasteiger partial charge is 0.411 e. The van der Waals surface area contributed by atoms with Gasteiger partial charge in [-0.05, 0) is 31.2 Å². The van der Waals surface area contributed by atoms with E-state index in [9.17, 15) is 14.9 Å². The minimum atomic E-state index is -0.506. The maximum Gasteiger partial charge on any atom is 0.277 e. The number of thioether (sulfide) groups is 1. The van der Waals surface area contributed by atoms with E-state index in [-0.39, 0.29) is 17.2 Å². The van der Waals surface area contributed by atoms with Crippen LogP contribution in [0.1, 0.15) is 15.9 Å². The van der Waals surface area contributed by atoms with Gasteiger partial charge >= 0.3 is 0 Å². The summed E-state index contributed by atoms with van der Waals surface area (Å²) < 4.78 is 5.56. The van der Waals surface area contributed by atoms with Crippen LogP contribution in [-0.2, 0) is 0 Å². The molecule has 0 saturated carbocycles. The van der Waals surface area contributed by atoms with Gasteiger partial charge in [0, 0.05) is 23.3 Å². The standard InChI is InChI=1S/C17H13N3O4S/c1-11-3-2-4-13(9-11)16-18-19-17(24-16)25-10-15(21)12-5-7-14(8-6-12)20(22)23/h2-9H,10H2,1H3. The van der Waals surface area contributed by atoms with Gasteiger partial charge in [0.2, 0.25) is 5.89 Å². The zero-order valence-electron chi connectivity index (χ0n) is 13.2. The SMILES string of the molecule is Cc1cccc(-c2nnc(SCC(=O)c3ccc([N+](=O)[O-])cc3)o2)c1. The molecule has 0 amide bonds. The highest BCUT2D eigenvalue weighted by Crippen LogP contribution is 2.24. The Morgan fingerprint density at radius 3 is 2.64 bits per heavy atom. The highest BCUT2D eigenvalue weighted by Gasteiger charge is 2.13. The minimum absolute atomic E-state index is 0.0519. The van der Waals surface area contributed by atoms with Gasteiger partial charge in [-0.25, -0.2) is 0 Å². The summed E-state index contributed by atoms with van der Waals surface area (Å²) in [4.78, 5) is 22.3. The molecule has 3 rings (SSSR count). The molecule has 2 aromatic carbocycles. The fourth-order valence-electron chi connectivity index (χ4n) is 2.14. The van der Waals surface area contributed by atoms with Crippen molar-refractivity contribution in [3.05, 3.63) is 69.8 Å². The number of nitro benzene ring substituents is 1. The van der Waals surface area contributed by atoms with E-state index in [0.29, 0.717) is 16.7 Å². The molecule has 0 bridgehead atoms. The van der Waals surface area contributed by atoms with Gasteiger partial charge in [-0.1, -0.05) is 29.5 Å². The van der Waals surface area contributed by atoms with Crippen LogP contribution in [0.5, 0.6) is 0 Å². The summed E-state index contributed by atoms with van der Waals surface area (Å²) in [5, 5.41) is 18.8. The summed E-state index contributed by atoms with van der Waals surface area (Å²) in [6.07, 6.45) is 0. The normalized spacial score (nSPS) is 10.6. The van der Waals surface area contributed by atoms with Gasteiger partial charge in [0.25, 0.3) is 10.9 Å².